The molecule has 0 fully saturated rings. The van der Waals surface area contributed by atoms with E-state index in [0.717, 1.165) is 0 Å². The van der Waals surface area contributed by atoms with Crippen LogP contribution in [-0.4, -0.2) is 35.8 Å². The van der Waals surface area contributed by atoms with E-state index in [0.29, 0.717) is 19.3 Å². The molecule has 0 saturated carbocycles. The Morgan fingerprint density at radius 2 is 1.92 bits per heavy atom. The van der Waals surface area contributed by atoms with Gasteiger partial charge in [-0.3, -0.25) is 4.55 Å². The van der Waals surface area contributed by atoms with Gasteiger partial charge in [0.15, 0.2) is 0 Å². The Kier molecular flexibility index (Phi) is 5.82. The van der Waals surface area contributed by atoms with Gasteiger partial charge < -0.3 is 5.11 Å². The summed E-state index contributed by atoms with van der Waals surface area (Å²) in [5, 5.41) is 8.94. The quantitative estimate of drug-likeness (QED) is 0.388. The second kappa shape index (κ2) is 5.75. The summed E-state index contributed by atoms with van der Waals surface area (Å²) >= 11 is 5.30. The van der Waals surface area contributed by atoms with Gasteiger partial charge in [0.05, 0.1) is 11.9 Å². The first-order valence-corrected chi connectivity index (χ1v) is 5.79. The molecular formula is C6H13ClO4S. The lowest BCUT2D eigenvalue weighted by molar-refractivity contribution is 0.184. The van der Waals surface area contributed by atoms with Crippen molar-refractivity contribution in [1.29, 1.82) is 0 Å². The highest BCUT2D eigenvalue weighted by Gasteiger charge is 2.05. The minimum atomic E-state index is -3.84. The van der Waals surface area contributed by atoms with Gasteiger partial charge in [0.1, 0.15) is 0 Å². The zero-order valence-corrected chi connectivity index (χ0v) is 8.18. The van der Waals surface area contributed by atoms with Crippen LogP contribution in [0.4, 0.5) is 0 Å². The van der Waals surface area contributed by atoms with Gasteiger partial charge >= 0.3 is 0 Å². The lowest BCUT2D eigenvalue weighted by Gasteiger charge is -2.04. The van der Waals surface area contributed by atoms with E-state index >= 15 is 0 Å². The molecule has 0 aliphatic rings. The first-order valence-electron chi connectivity index (χ1n) is 3.65. The van der Waals surface area contributed by atoms with Crippen LogP contribution < -0.4 is 0 Å². The number of aliphatic hydroxyl groups excluding tert-OH is 1. The Bertz CT molecular complexity index is 202. The molecule has 0 radical (unpaired) electrons. The maximum Gasteiger partial charge on any atom is 0.264 e. The highest BCUT2D eigenvalue weighted by Crippen LogP contribution is 2.03. The highest BCUT2D eigenvalue weighted by atomic mass is 35.5. The molecule has 0 aliphatic carbocycles. The maximum atomic E-state index is 10.2. The van der Waals surface area contributed by atoms with Crippen molar-refractivity contribution in [1.82, 2.24) is 0 Å². The number of halogens is 1. The van der Waals surface area contributed by atoms with E-state index in [1.807, 2.05) is 0 Å². The third-order valence-electron chi connectivity index (χ3n) is 1.37. The van der Waals surface area contributed by atoms with Crippen molar-refractivity contribution in [3.63, 3.8) is 0 Å². The molecule has 0 spiro atoms. The molecule has 0 aromatic carbocycles. The molecule has 12 heavy (non-hydrogen) atoms. The summed E-state index contributed by atoms with van der Waals surface area (Å²) < 4.78 is 28.7. The average Bonchev–Trinajstić information content (AvgIpc) is 1.96. The summed E-state index contributed by atoms with van der Waals surface area (Å²) in [6, 6.07) is 0. The Morgan fingerprint density at radius 3 is 2.33 bits per heavy atom. The smallest absolute Gasteiger partial charge is 0.264 e. The van der Waals surface area contributed by atoms with E-state index in [1.165, 1.54) is 0 Å². The van der Waals surface area contributed by atoms with Crippen molar-refractivity contribution in [3.05, 3.63) is 0 Å². The number of aliphatic hydroxyl groups is 1. The fraction of sp³-hybridized carbons (Fsp3) is 1.00. The first kappa shape index (κ1) is 12.2. The monoisotopic (exact) mass is 216 g/mol. The van der Waals surface area contributed by atoms with E-state index in [2.05, 4.69) is 0 Å². The molecule has 74 valence electrons. The Labute approximate surface area is 77.3 Å². The molecule has 2 N–H and O–H groups in total. The largest absolute Gasteiger partial charge is 0.392 e. The Morgan fingerprint density at radius 1 is 1.33 bits per heavy atom. The molecule has 0 aromatic rings. The topological polar surface area (TPSA) is 74.6 Å². The van der Waals surface area contributed by atoms with E-state index in [-0.39, 0.29) is 11.6 Å². The predicted molar refractivity (Wildman–Crippen MR) is 47.0 cm³/mol. The van der Waals surface area contributed by atoms with Crippen LogP contribution in [0, 0.1) is 0 Å². The van der Waals surface area contributed by atoms with Crippen LogP contribution in [0.25, 0.3) is 0 Å². The van der Waals surface area contributed by atoms with Crippen molar-refractivity contribution in [2.24, 2.45) is 0 Å². The molecule has 0 aliphatic heterocycles. The summed E-state index contributed by atoms with van der Waals surface area (Å²) in [5.41, 5.74) is 0. The van der Waals surface area contributed by atoms with Gasteiger partial charge in [-0.1, -0.05) is 0 Å². The normalized spacial score (nSPS) is 14.6. The number of hydrogen-bond acceptors (Lipinski definition) is 3. The molecule has 4 nitrogen and oxygen atoms in total. The fourth-order valence-electron chi connectivity index (χ4n) is 0.742. The minimum Gasteiger partial charge on any atom is -0.392 e. The molecular weight excluding hydrogens is 204 g/mol. The maximum absolute atomic E-state index is 10.2. The summed E-state index contributed by atoms with van der Waals surface area (Å²) in [6.07, 6.45) is 0.799. The minimum absolute atomic E-state index is 0.159. The van der Waals surface area contributed by atoms with Gasteiger partial charge in [-0.25, -0.2) is 0 Å². The van der Waals surface area contributed by atoms with E-state index < -0.39 is 16.2 Å². The Balaban J connectivity index is 3.34. The SMILES string of the molecule is O=S(=O)(O)CCCCC(O)CCl. The van der Waals surface area contributed by atoms with Crippen molar-refractivity contribution >= 4 is 21.7 Å². The van der Waals surface area contributed by atoms with Crippen LogP contribution in [0.15, 0.2) is 0 Å². The fourth-order valence-corrected chi connectivity index (χ4v) is 1.46. The zero-order chi connectivity index (χ0) is 9.61. The standard InChI is InChI=1S/C6H13ClO4S/c7-5-6(8)3-1-2-4-12(9,10)11/h6,8H,1-5H2,(H,9,10,11). The molecule has 0 heterocycles. The molecule has 0 bridgehead atoms. The summed E-state index contributed by atoms with van der Waals surface area (Å²) in [6.45, 7) is 0. The lowest BCUT2D eigenvalue weighted by atomic mass is 10.2. The molecule has 0 rings (SSSR count). The molecule has 0 aromatic heterocycles. The molecule has 1 atom stereocenters. The van der Waals surface area contributed by atoms with E-state index in [1.54, 1.807) is 0 Å². The second-order valence-corrected chi connectivity index (χ2v) is 4.47. The third-order valence-corrected chi connectivity index (χ3v) is 2.53. The molecule has 0 saturated heterocycles. The summed E-state index contributed by atoms with van der Waals surface area (Å²) in [4.78, 5) is 0. The third kappa shape index (κ3) is 8.26. The number of unbranched alkanes of at least 4 members (excludes halogenated alkanes) is 1. The van der Waals surface area contributed by atoms with Crippen LogP contribution in [-0.2, 0) is 10.1 Å². The Hall–Kier alpha value is 0.160. The molecule has 1 unspecified atom stereocenters. The molecule has 0 amide bonds. The van der Waals surface area contributed by atoms with Crippen molar-refractivity contribution < 1.29 is 18.1 Å². The predicted octanol–water partition coefficient (Wildman–Crippen LogP) is 0.644. The van der Waals surface area contributed by atoms with Crippen LogP contribution >= 0.6 is 11.6 Å². The highest BCUT2D eigenvalue weighted by molar-refractivity contribution is 7.85. The van der Waals surface area contributed by atoms with Gasteiger partial charge in [-0.15, -0.1) is 11.6 Å². The van der Waals surface area contributed by atoms with Crippen molar-refractivity contribution in [2.75, 3.05) is 11.6 Å². The zero-order valence-electron chi connectivity index (χ0n) is 6.61. The van der Waals surface area contributed by atoms with Gasteiger partial charge in [0, 0.05) is 5.88 Å². The van der Waals surface area contributed by atoms with Gasteiger partial charge in [-0.2, -0.15) is 8.42 Å². The van der Waals surface area contributed by atoms with Gasteiger partial charge in [0.2, 0.25) is 0 Å². The summed E-state index contributed by atoms with van der Waals surface area (Å²) in [5.74, 6) is -0.0894. The van der Waals surface area contributed by atoms with Crippen LogP contribution in [0.2, 0.25) is 0 Å². The number of rotatable bonds is 6. The van der Waals surface area contributed by atoms with Crippen LogP contribution in [0.1, 0.15) is 19.3 Å². The second-order valence-electron chi connectivity index (χ2n) is 2.59. The number of alkyl halides is 1. The van der Waals surface area contributed by atoms with Crippen molar-refractivity contribution in [3.8, 4) is 0 Å². The first-order chi connectivity index (χ1) is 5.45. The summed E-state index contributed by atoms with van der Waals surface area (Å²) in [7, 11) is -3.84. The lowest BCUT2D eigenvalue weighted by Crippen LogP contribution is -2.09. The van der Waals surface area contributed by atoms with E-state index in [9.17, 15) is 8.42 Å². The van der Waals surface area contributed by atoms with Crippen molar-refractivity contribution in [2.45, 2.75) is 25.4 Å². The average molecular weight is 217 g/mol. The van der Waals surface area contributed by atoms with Crippen LogP contribution in [0.3, 0.4) is 0 Å². The van der Waals surface area contributed by atoms with Gasteiger partial charge in [-0.05, 0) is 19.3 Å². The van der Waals surface area contributed by atoms with Gasteiger partial charge in [0.25, 0.3) is 10.1 Å². The van der Waals surface area contributed by atoms with E-state index in [4.69, 9.17) is 21.3 Å². The molecule has 6 heteroatoms. The number of hydrogen-bond donors (Lipinski definition) is 2. The van der Waals surface area contributed by atoms with Crippen LogP contribution in [0.5, 0.6) is 0 Å².